The molecule has 152 valence electrons. The summed E-state index contributed by atoms with van der Waals surface area (Å²) in [4.78, 5) is 20.5. The number of halogens is 1. The molecular formula is C23H25FN2O3. The van der Waals surface area contributed by atoms with Crippen LogP contribution in [0.1, 0.15) is 36.8 Å². The molecular weight excluding hydrogens is 371 g/mol. The average molecular weight is 396 g/mol. The number of oxime groups is 1. The molecule has 6 heteroatoms. The van der Waals surface area contributed by atoms with Gasteiger partial charge in [-0.15, -0.1) is 0 Å². The van der Waals surface area contributed by atoms with Gasteiger partial charge >= 0.3 is 0 Å². The zero-order valence-electron chi connectivity index (χ0n) is 16.5. The summed E-state index contributed by atoms with van der Waals surface area (Å²) in [5, 5.41) is 4.15. The number of hydrogen-bond donors (Lipinski definition) is 0. The Labute approximate surface area is 170 Å². The van der Waals surface area contributed by atoms with E-state index >= 15 is 0 Å². The highest BCUT2D eigenvalue weighted by atomic mass is 19.1. The smallest absolute Gasteiger partial charge is 0.226 e. The fraction of sp³-hybridized carbons (Fsp3) is 0.391. The van der Waals surface area contributed by atoms with E-state index in [1.807, 2.05) is 35.2 Å². The lowest BCUT2D eigenvalue weighted by Gasteiger charge is -2.32. The van der Waals surface area contributed by atoms with Gasteiger partial charge in [-0.2, -0.15) is 0 Å². The molecule has 1 aliphatic heterocycles. The number of amides is 1. The summed E-state index contributed by atoms with van der Waals surface area (Å²) in [5.74, 6) is 0.744. The summed E-state index contributed by atoms with van der Waals surface area (Å²) >= 11 is 0. The van der Waals surface area contributed by atoms with E-state index in [-0.39, 0.29) is 23.7 Å². The Bertz CT molecular complexity index is 911. The molecule has 1 heterocycles. The van der Waals surface area contributed by atoms with Crippen LogP contribution in [0, 0.1) is 11.7 Å². The average Bonchev–Trinajstić information content (AvgIpc) is 3.15. The molecule has 0 saturated heterocycles. The number of nitrogens with zero attached hydrogens (tertiary/aromatic N) is 2. The van der Waals surface area contributed by atoms with Gasteiger partial charge in [-0.3, -0.25) is 4.79 Å². The molecule has 4 rings (SSSR count). The minimum absolute atomic E-state index is 0.102. The van der Waals surface area contributed by atoms with E-state index in [1.165, 1.54) is 12.1 Å². The molecule has 2 aliphatic rings. The minimum atomic E-state index is -0.298. The van der Waals surface area contributed by atoms with Gasteiger partial charge in [0.25, 0.3) is 0 Å². The van der Waals surface area contributed by atoms with E-state index in [0.29, 0.717) is 25.2 Å². The fourth-order valence-corrected chi connectivity index (χ4v) is 3.75. The van der Waals surface area contributed by atoms with Crippen molar-refractivity contribution in [1.29, 1.82) is 0 Å². The van der Waals surface area contributed by atoms with Crippen LogP contribution >= 0.6 is 0 Å². The van der Waals surface area contributed by atoms with Crippen molar-refractivity contribution in [3.05, 3.63) is 65.5 Å². The predicted molar refractivity (Wildman–Crippen MR) is 108 cm³/mol. The van der Waals surface area contributed by atoms with E-state index in [2.05, 4.69) is 5.16 Å². The highest BCUT2D eigenvalue weighted by Gasteiger charge is 2.33. The minimum Gasteiger partial charge on any atom is -0.497 e. The van der Waals surface area contributed by atoms with Crippen molar-refractivity contribution in [2.45, 2.75) is 38.3 Å². The molecule has 0 N–H and O–H groups in total. The highest BCUT2D eigenvalue weighted by molar-refractivity contribution is 6.01. The quantitative estimate of drug-likeness (QED) is 0.706. The van der Waals surface area contributed by atoms with Crippen molar-refractivity contribution in [3.63, 3.8) is 0 Å². The Balaban J connectivity index is 1.45. The van der Waals surface area contributed by atoms with Crippen LogP contribution in [0.5, 0.6) is 5.75 Å². The largest absolute Gasteiger partial charge is 0.497 e. The fourth-order valence-electron chi connectivity index (χ4n) is 3.75. The normalized spacial score (nSPS) is 18.6. The first-order valence-corrected chi connectivity index (χ1v) is 10.0. The van der Waals surface area contributed by atoms with Crippen LogP contribution in [0.3, 0.4) is 0 Å². The molecule has 29 heavy (non-hydrogen) atoms. The summed E-state index contributed by atoms with van der Waals surface area (Å²) in [6.45, 7) is 0.955. The topological polar surface area (TPSA) is 51.1 Å². The molecule has 0 unspecified atom stereocenters. The molecule has 1 fully saturated rings. The van der Waals surface area contributed by atoms with Gasteiger partial charge in [0, 0.05) is 24.4 Å². The van der Waals surface area contributed by atoms with Crippen molar-refractivity contribution < 1.29 is 18.8 Å². The molecule has 0 aromatic heterocycles. The molecule has 0 radical (unpaired) electrons. The molecule has 0 spiro atoms. The highest BCUT2D eigenvalue weighted by Crippen LogP contribution is 2.30. The van der Waals surface area contributed by atoms with Crippen molar-refractivity contribution in [2.75, 3.05) is 13.7 Å². The van der Waals surface area contributed by atoms with Crippen molar-refractivity contribution >= 4 is 11.6 Å². The van der Waals surface area contributed by atoms with Gasteiger partial charge in [0.05, 0.1) is 19.4 Å². The maximum atomic E-state index is 13.5. The van der Waals surface area contributed by atoms with Gasteiger partial charge in [0.2, 0.25) is 5.91 Å². The second-order valence-corrected chi connectivity index (χ2v) is 7.68. The van der Waals surface area contributed by atoms with Crippen molar-refractivity contribution in [3.8, 4) is 5.75 Å². The van der Waals surface area contributed by atoms with Gasteiger partial charge in [-0.1, -0.05) is 35.8 Å². The maximum Gasteiger partial charge on any atom is 0.226 e. The second kappa shape index (κ2) is 8.64. The number of carbonyl (C=O) groups excluding carboxylic acids is 1. The summed E-state index contributed by atoms with van der Waals surface area (Å²) in [5.41, 5.74) is 2.45. The SMILES string of the molecule is COc1cccc(CN(C[C@H]2CC(c3cccc(F)c3)=NO2)C(=O)C2CCC2)c1. The van der Waals surface area contributed by atoms with Crippen LogP contribution in [-0.2, 0) is 16.2 Å². The number of carbonyl (C=O) groups is 1. The van der Waals surface area contributed by atoms with Gasteiger partial charge in [0.1, 0.15) is 11.6 Å². The van der Waals surface area contributed by atoms with Crippen LogP contribution in [-0.4, -0.2) is 36.3 Å². The van der Waals surface area contributed by atoms with Gasteiger partial charge in [-0.25, -0.2) is 4.39 Å². The summed E-state index contributed by atoms with van der Waals surface area (Å²) < 4.78 is 18.8. The Morgan fingerprint density at radius 2 is 2.07 bits per heavy atom. The molecule has 2 aromatic carbocycles. The first-order chi connectivity index (χ1) is 14.1. The molecule has 1 saturated carbocycles. The molecule has 1 atom stereocenters. The van der Waals surface area contributed by atoms with E-state index < -0.39 is 0 Å². The van der Waals surface area contributed by atoms with Crippen LogP contribution in [0.25, 0.3) is 0 Å². The number of benzene rings is 2. The van der Waals surface area contributed by atoms with E-state index in [1.54, 1.807) is 13.2 Å². The second-order valence-electron chi connectivity index (χ2n) is 7.68. The zero-order valence-corrected chi connectivity index (χ0v) is 16.5. The van der Waals surface area contributed by atoms with Crippen LogP contribution in [0.4, 0.5) is 4.39 Å². The third-order valence-electron chi connectivity index (χ3n) is 5.59. The lowest BCUT2D eigenvalue weighted by atomic mass is 9.84. The maximum absolute atomic E-state index is 13.5. The number of rotatable bonds is 7. The van der Waals surface area contributed by atoms with Crippen molar-refractivity contribution in [2.24, 2.45) is 11.1 Å². The van der Waals surface area contributed by atoms with Gasteiger partial charge in [-0.05, 0) is 42.7 Å². The third-order valence-corrected chi connectivity index (χ3v) is 5.59. The lowest BCUT2D eigenvalue weighted by molar-refractivity contribution is -0.140. The lowest BCUT2D eigenvalue weighted by Crippen LogP contribution is -2.42. The van der Waals surface area contributed by atoms with Crippen LogP contribution in [0.2, 0.25) is 0 Å². The van der Waals surface area contributed by atoms with Gasteiger partial charge in [0.15, 0.2) is 6.10 Å². The number of hydrogen-bond acceptors (Lipinski definition) is 4. The summed E-state index contributed by atoms with van der Waals surface area (Å²) in [6.07, 6.45) is 3.32. The first kappa shape index (κ1) is 19.4. The Morgan fingerprint density at radius 1 is 1.24 bits per heavy atom. The summed E-state index contributed by atoms with van der Waals surface area (Å²) in [6, 6.07) is 14.1. The Morgan fingerprint density at radius 3 is 2.79 bits per heavy atom. The summed E-state index contributed by atoms with van der Waals surface area (Å²) in [7, 11) is 1.63. The Kier molecular flexibility index (Phi) is 5.79. The number of methoxy groups -OCH3 is 1. The standard InChI is InChI=1S/C23H25FN2O3/c1-28-20-10-2-5-16(11-20)14-26(23(27)17-6-3-7-17)15-21-13-22(25-29-21)18-8-4-9-19(24)12-18/h2,4-5,8-12,17,21H,3,6-7,13-15H2,1H3/t21-/m1/s1. The monoisotopic (exact) mass is 396 g/mol. The van der Waals surface area contributed by atoms with Gasteiger partial charge < -0.3 is 14.5 Å². The van der Waals surface area contributed by atoms with E-state index in [4.69, 9.17) is 9.57 Å². The first-order valence-electron chi connectivity index (χ1n) is 10.0. The van der Waals surface area contributed by atoms with E-state index in [0.717, 1.165) is 36.1 Å². The number of ether oxygens (including phenoxy) is 1. The molecule has 1 amide bonds. The molecule has 2 aromatic rings. The van der Waals surface area contributed by atoms with E-state index in [9.17, 15) is 9.18 Å². The van der Waals surface area contributed by atoms with Crippen LogP contribution < -0.4 is 4.74 Å². The van der Waals surface area contributed by atoms with Crippen molar-refractivity contribution in [1.82, 2.24) is 4.90 Å². The third kappa shape index (κ3) is 4.58. The molecule has 0 bridgehead atoms. The molecule has 1 aliphatic carbocycles. The predicted octanol–water partition coefficient (Wildman–Crippen LogP) is 4.16. The van der Waals surface area contributed by atoms with Crippen LogP contribution in [0.15, 0.2) is 53.7 Å². The Hall–Kier alpha value is -2.89. The molecule has 5 nitrogen and oxygen atoms in total. The zero-order chi connectivity index (χ0) is 20.2.